The van der Waals surface area contributed by atoms with Crippen LogP contribution in [0.5, 0.6) is 0 Å². The molecule has 0 saturated carbocycles. The molecule has 1 aromatic carbocycles. The summed E-state index contributed by atoms with van der Waals surface area (Å²) in [6, 6.07) is 3.00. The van der Waals surface area contributed by atoms with Crippen LogP contribution in [-0.4, -0.2) is 25.0 Å². The lowest BCUT2D eigenvalue weighted by atomic mass is 10.1. The van der Waals surface area contributed by atoms with E-state index in [4.69, 9.17) is 0 Å². The molecule has 7 heteroatoms. The summed E-state index contributed by atoms with van der Waals surface area (Å²) in [5.41, 5.74) is -2.00. The minimum absolute atomic E-state index is 0.298. The highest BCUT2D eigenvalue weighted by Gasteiger charge is 2.35. The summed E-state index contributed by atoms with van der Waals surface area (Å²) in [5.74, 6) is -2.35. The molecule has 1 amide bonds. The van der Waals surface area contributed by atoms with E-state index in [1.165, 1.54) is 0 Å². The van der Waals surface area contributed by atoms with Gasteiger partial charge in [0.15, 0.2) is 0 Å². The summed E-state index contributed by atoms with van der Waals surface area (Å²) in [6.07, 6.45) is -2.06. The van der Waals surface area contributed by atoms with E-state index in [0.29, 0.717) is 25.1 Å². The summed E-state index contributed by atoms with van der Waals surface area (Å²) in [6.45, 7) is 1.23. The molecule has 0 aromatic heterocycles. The van der Waals surface area contributed by atoms with E-state index in [9.17, 15) is 22.4 Å². The topological polar surface area (TPSA) is 41.1 Å². The molecule has 0 unspecified atom stereocenters. The van der Waals surface area contributed by atoms with Crippen LogP contribution in [0.2, 0.25) is 0 Å². The lowest BCUT2D eigenvalue weighted by molar-refractivity contribution is -0.140. The third-order valence-corrected chi connectivity index (χ3v) is 3.49. The first-order valence-corrected chi connectivity index (χ1v) is 6.77. The average Bonchev–Trinajstić information content (AvgIpc) is 2.90. The molecule has 1 aliphatic heterocycles. The number of hydrogen-bond acceptors (Lipinski definition) is 2. The van der Waals surface area contributed by atoms with Crippen molar-refractivity contribution in [3.63, 3.8) is 0 Å². The van der Waals surface area contributed by atoms with Crippen molar-refractivity contribution < 1.29 is 22.4 Å². The highest BCUT2D eigenvalue weighted by Crippen LogP contribution is 2.32. The van der Waals surface area contributed by atoms with Crippen molar-refractivity contribution in [2.24, 2.45) is 0 Å². The molecule has 1 atom stereocenters. The number of rotatable bonds is 4. The van der Waals surface area contributed by atoms with Gasteiger partial charge in [0.05, 0.1) is 11.1 Å². The van der Waals surface area contributed by atoms with Crippen molar-refractivity contribution >= 4 is 5.91 Å². The Hall–Kier alpha value is -1.63. The van der Waals surface area contributed by atoms with Gasteiger partial charge in [-0.15, -0.1) is 0 Å². The van der Waals surface area contributed by atoms with E-state index in [2.05, 4.69) is 10.6 Å². The van der Waals surface area contributed by atoms with Gasteiger partial charge >= 0.3 is 6.18 Å². The number of benzene rings is 1. The smallest absolute Gasteiger partial charge is 0.352 e. The van der Waals surface area contributed by atoms with Crippen LogP contribution in [0.25, 0.3) is 0 Å². The molecule has 0 aliphatic carbocycles. The highest BCUT2D eigenvalue weighted by atomic mass is 19.4. The van der Waals surface area contributed by atoms with Crippen LogP contribution in [0, 0.1) is 5.82 Å². The molecule has 1 aromatic rings. The molecule has 1 saturated heterocycles. The Kier molecular flexibility index (Phi) is 4.82. The van der Waals surface area contributed by atoms with Gasteiger partial charge in [0, 0.05) is 12.6 Å². The number of amides is 1. The Morgan fingerprint density at radius 1 is 1.38 bits per heavy atom. The van der Waals surface area contributed by atoms with Crippen molar-refractivity contribution in [1.82, 2.24) is 10.6 Å². The lowest BCUT2D eigenvalue weighted by Crippen LogP contribution is -2.31. The second kappa shape index (κ2) is 6.43. The zero-order chi connectivity index (χ0) is 15.5. The van der Waals surface area contributed by atoms with E-state index < -0.39 is 29.0 Å². The summed E-state index contributed by atoms with van der Waals surface area (Å²) in [5, 5.41) is 5.70. The molecule has 21 heavy (non-hydrogen) atoms. The number of carbonyl (C=O) groups excluding carboxylic acids is 1. The van der Waals surface area contributed by atoms with Crippen LogP contribution in [0.15, 0.2) is 18.2 Å². The quantitative estimate of drug-likeness (QED) is 0.840. The van der Waals surface area contributed by atoms with E-state index >= 15 is 0 Å². The van der Waals surface area contributed by atoms with Gasteiger partial charge in [0.25, 0.3) is 5.91 Å². The van der Waals surface area contributed by atoms with Crippen LogP contribution in [0.1, 0.15) is 35.2 Å². The second-order valence-corrected chi connectivity index (χ2v) is 5.00. The van der Waals surface area contributed by atoms with Crippen LogP contribution < -0.4 is 10.6 Å². The number of halogens is 4. The Balaban J connectivity index is 1.98. The van der Waals surface area contributed by atoms with Crippen LogP contribution in [0.3, 0.4) is 0 Å². The SMILES string of the molecule is O=C(NCC[C@@H]1CCCN1)c1cccc(C(F)(F)F)c1F. The Labute approximate surface area is 119 Å². The number of carbonyl (C=O) groups is 1. The number of nitrogens with one attached hydrogen (secondary N) is 2. The summed E-state index contributed by atoms with van der Waals surface area (Å²) in [7, 11) is 0. The van der Waals surface area contributed by atoms with Crippen LogP contribution in [0.4, 0.5) is 17.6 Å². The Morgan fingerprint density at radius 2 is 2.14 bits per heavy atom. The molecule has 3 nitrogen and oxygen atoms in total. The molecule has 2 rings (SSSR count). The zero-order valence-corrected chi connectivity index (χ0v) is 11.3. The number of hydrogen-bond donors (Lipinski definition) is 2. The molecule has 0 spiro atoms. The minimum Gasteiger partial charge on any atom is -0.352 e. The van der Waals surface area contributed by atoms with Gasteiger partial charge in [0.2, 0.25) is 0 Å². The molecular formula is C14H16F4N2O. The second-order valence-electron chi connectivity index (χ2n) is 5.00. The van der Waals surface area contributed by atoms with Gasteiger partial charge in [-0.25, -0.2) is 4.39 Å². The summed E-state index contributed by atoms with van der Waals surface area (Å²) in [4.78, 5) is 11.8. The fraction of sp³-hybridized carbons (Fsp3) is 0.500. The van der Waals surface area contributed by atoms with Crippen LogP contribution >= 0.6 is 0 Å². The molecule has 1 aliphatic rings. The molecule has 1 heterocycles. The van der Waals surface area contributed by atoms with Gasteiger partial charge in [-0.2, -0.15) is 13.2 Å². The van der Waals surface area contributed by atoms with E-state index in [-0.39, 0.29) is 0 Å². The van der Waals surface area contributed by atoms with E-state index in [0.717, 1.165) is 31.5 Å². The van der Waals surface area contributed by atoms with Gasteiger partial charge in [-0.05, 0) is 37.9 Å². The third kappa shape index (κ3) is 3.93. The van der Waals surface area contributed by atoms with Crippen molar-refractivity contribution in [3.05, 3.63) is 35.1 Å². The molecule has 0 radical (unpaired) electrons. The standard InChI is InChI=1S/C14H16F4N2O/c15-12-10(4-1-5-11(12)14(16,17)18)13(21)20-8-6-9-3-2-7-19-9/h1,4-5,9,19H,2-3,6-8H2,(H,20,21)/t9-/m0/s1. The van der Waals surface area contributed by atoms with Gasteiger partial charge in [-0.3, -0.25) is 4.79 Å². The third-order valence-electron chi connectivity index (χ3n) is 3.49. The monoisotopic (exact) mass is 304 g/mol. The first kappa shape index (κ1) is 15.8. The Bertz CT molecular complexity index is 510. The van der Waals surface area contributed by atoms with Gasteiger partial charge in [-0.1, -0.05) is 6.07 Å². The van der Waals surface area contributed by atoms with Crippen molar-refractivity contribution in [2.75, 3.05) is 13.1 Å². The molecule has 116 valence electrons. The maximum absolute atomic E-state index is 13.8. The predicted octanol–water partition coefficient (Wildman–Crippen LogP) is 2.72. The minimum atomic E-state index is -4.81. The molecule has 0 bridgehead atoms. The largest absolute Gasteiger partial charge is 0.419 e. The van der Waals surface area contributed by atoms with Crippen molar-refractivity contribution in [3.8, 4) is 0 Å². The fourth-order valence-electron chi connectivity index (χ4n) is 2.38. The normalized spacial score (nSPS) is 18.8. The molecular weight excluding hydrogens is 288 g/mol. The number of alkyl halides is 3. The van der Waals surface area contributed by atoms with Gasteiger partial charge in [0.1, 0.15) is 5.82 Å². The van der Waals surface area contributed by atoms with Crippen molar-refractivity contribution in [1.29, 1.82) is 0 Å². The zero-order valence-electron chi connectivity index (χ0n) is 11.3. The first-order chi connectivity index (χ1) is 9.89. The molecule has 1 fully saturated rings. The fourth-order valence-corrected chi connectivity index (χ4v) is 2.38. The van der Waals surface area contributed by atoms with E-state index in [1.807, 2.05) is 0 Å². The maximum atomic E-state index is 13.8. The maximum Gasteiger partial charge on any atom is 0.419 e. The average molecular weight is 304 g/mol. The first-order valence-electron chi connectivity index (χ1n) is 6.77. The lowest BCUT2D eigenvalue weighted by Gasteiger charge is -2.13. The highest BCUT2D eigenvalue weighted by molar-refractivity contribution is 5.94. The van der Waals surface area contributed by atoms with E-state index in [1.54, 1.807) is 0 Å². The summed E-state index contributed by atoms with van der Waals surface area (Å²) >= 11 is 0. The molecule has 2 N–H and O–H groups in total. The predicted molar refractivity (Wildman–Crippen MR) is 69.4 cm³/mol. The summed E-state index contributed by atoms with van der Waals surface area (Å²) < 4.78 is 51.5. The van der Waals surface area contributed by atoms with Crippen LogP contribution in [-0.2, 0) is 6.18 Å². The van der Waals surface area contributed by atoms with Crippen molar-refractivity contribution in [2.45, 2.75) is 31.5 Å². The van der Waals surface area contributed by atoms with Gasteiger partial charge < -0.3 is 10.6 Å². The Morgan fingerprint density at radius 3 is 2.76 bits per heavy atom.